The molecule has 4 rings (SSSR count). The summed E-state index contributed by atoms with van der Waals surface area (Å²) in [5.74, 6) is 1.21. The van der Waals surface area contributed by atoms with Gasteiger partial charge in [0.25, 0.3) is 5.91 Å². The molecule has 0 unspecified atom stereocenters. The first-order chi connectivity index (χ1) is 12.7. The minimum absolute atomic E-state index is 0.241. The molecule has 0 atom stereocenters. The third-order valence-electron chi connectivity index (χ3n) is 3.47. The Balaban J connectivity index is 1.38. The number of rotatable bonds is 5. The Bertz CT molecular complexity index is 1030. The lowest BCUT2D eigenvalue weighted by molar-refractivity contribution is 0.102. The van der Waals surface area contributed by atoms with Crippen molar-refractivity contribution in [3.63, 3.8) is 0 Å². The van der Waals surface area contributed by atoms with Crippen LogP contribution in [0.3, 0.4) is 0 Å². The summed E-state index contributed by atoms with van der Waals surface area (Å²) in [6.45, 7) is 0. The van der Waals surface area contributed by atoms with Crippen molar-refractivity contribution < 1.29 is 4.79 Å². The van der Waals surface area contributed by atoms with E-state index in [4.69, 9.17) is 11.6 Å². The molecule has 0 aliphatic heterocycles. The summed E-state index contributed by atoms with van der Waals surface area (Å²) in [5, 5.41) is 10.1. The second-order valence-corrected chi connectivity index (χ2v) is 7.99. The molecule has 0 spiro atoms. The number of fused-ring (bicyclic) bond motifs is 1. The van der Waals surface area contributed by atoms with Gasteiger partial charge in [-0.15, -0.1) is 16.4 Å². The number of benzene rings is 2. The number of nitrogens with zero attached hydrogens (tertiary/aromatic N) is 3. The highest BCUT2D eigenvalue weighted by Crippen LogP contribution is 2.30. The van der Waals surface area contributed by atoms with E-state index in [1.54, 1.807) is 47.4 Å². The van der Waals surface area contributed by atoms with Gasteiger partial charge < -0.3 is 0 Å². The molecule has 1 amide bonds. The molecule has 0 fully saturated rings. The molecule has 2 heterocycles. The van der Waals surface area contributed by atoms with Crippen molar-refractivity contribution in [2.45, 2.75) is 10.1 Å². The maximum atomic E-state index is 12.2. The zero-order valence-corrected chi connectivity index (χ0v) is 15.7. The standard InChI is InChI=1S/C17H12ClN5OS2/c18-11-7-5-10(6-8-11)15(24)21-16-20-14(22-23-16)9-25-17-19-12-3-1-2-4-13(12)26-17/h1-8H,9H2,(H2,20,21,22,23,24). The second-order valence-electron chi connectivity index (χ2n) is 5.30. The number of hydrogen-bond acceptors (Lipinski definition) is 6. The number of thiazole rings is 1. The number of carbonyl (C=O) groups excluding carboxylic acids is 1. The maximum absolute atomic E-state index is 12.2. The van der Waals surface area contributed by atoms with Gasteiger partial charge in [-0.2, -0.15) is 4.98 Å². The molecule has 2 N–H and O–H groups in total. The van der Waals surface area contributed by atoms with Crippen LogP contribution in [0.2, 0.25) is 5.02 Å². The van der Waals surface area contributed by atoms with Gasteiger partial charge in [-0.3, -0.25) is 15.2 Å². The number of para-hydroxylation sites is 1. The minimum Gasteiger partial charge on any atom is -0.289 e. The first-order valence-corrected chi connectivity index (χ1v) is 9.82. The van der Waals surface area contributed by atoms with E-state index in [0.29, 0.717) is 22.2 Å². The Kier molecular flexibility index (Phi) is 4.87. The lowest BCUT2D eigenvalue weighted by atomic mass is 10.2. The lowest BCUT2D eigenvalue weighted by Gasteiger charge is -2.00. The minimum atomic E-state index is -0.286. The van der Waals surface area contributed by atoms with Crippen molar-refractivity contribution in [2.24, 2.45) is 0 Å². The fourth-order valence-corrected chi connectivity index (χ4v) is 4.29. The SMILES string of the molecule is O=C(Nc1n[nH]c(CSc2nc3ccccc3s2)n1)c1ccc(Cl)cc1. The molecule has 0 saturated carbocycles. The van der Waals surface area contributed by atoms with Crippen molar-refractivity contribution in [2.75, 3.05) is 5.32 Å². The Hall–Kier alpha value is -2.42. The van der Waals surface area contributed by atoms with Crippen LogP contribution in [0.1, 0.15) is 16.2 Å². The number of carbonyl (C=O) groups is 1. The molecule has 0 bridgehead atoms. The third-order valence-corrected chi connectivity index (χ3v) is 5.91. The number of thioether (sulfide) groups is 1. The van der Waals surface area contributed by atoms with Gasteiger partial charge in [0.1, 0.15) is 5.82 Å². The fraction of sp³-hybridized carbons (Fsp3) is 0.0588. The van der Waals surface area contributed by atoms with E-state index < -0.39 is 0 Å². The monoisotopic (exact) mass is 401 g/mol. The molecule has 0 aliphatic rings. The van der Waals surface area contributed by atoms with Crippen molar-refractivity contribution in [3.05, 3.63) is 64.9 Å². The van der Waals surface area contributed by atoms with Gasteiger partial charge in [-0.1, -0.05) is 35.5 Å². The van der Waals surface area contributed by atoms with Gasteiger partial charge in [0.2, 0.25) is 5.95 Å². The van der Waals surface area contributed by atoms with E-state index in [1.807, 2.05) is 18.2 Å². The van der Waals surface area contributed by atoms with Crippen molar-refractivity contribution >= 4 is 56.8 Å². The van der Waals surface area contributed by atoms with Crippen LogP contribution in [0.25, 0.3) is 10.2 Å². The smallest absolute Gasteiger partial charge is 0.258 e. The molecule has 4 aromatic rings. The summed E-state index contributed by atoms with van der Waals surface area (Å²) >= 11 is 9.04. The number of H-pyrrole nitrogens is 1. The van der Waals surface area contributed by atoms with E-state index in [1.165, 1.54) is 0 Å². The van der Waals surface area contributed by atoms with Crippen LogP contribution in [-0.2, 0) is 5.75 Å². The number of amides is 1. The van der Waals surface area contributed by atoms with Crippen LogP contribution in [0.5, 0.6) is 0 Å². The van der Waals surface area contributed by atoms with Crippen LogP contribution in [0, 0.1) is 0 Å². The number of anilines is 1. The summed E-state index contributed by atoms with van der Waals surface area (Å²) in [5.41, 5.74) is 1.48. The Morgan fingerprint density at radius 1 is 1.15 bits per heavy atom. The molecule has 26 heavy (non-hydrogen) atoms. The predicted molar refractivity (Wildman–Crippen MR) is 105 cm³/mol. The van der Waals surface area contributed by atoms with Gasteiger partial charge in [-0.25, -0.2) is 4.98 Å². The van der Waals surface area contributed by atoms with Gasteiger partial charge in [-0.05, 0) is 36.4 Å². The van der Waals surface area contributed by atoms with Crippen molar-refractivity contribution in [1.82, 2.24) is 20.2 Å². The van der Waals surface area contributed by atoms with Crippen LogP contribution in [0.4, 0.5) is 5.95 Å². The quantitative estimate of drug-likeness (QED) is 0.477. The van der Waals surface area contributed by atoms with Gasteiger partial charge in [0.05, 0.1) is 16.0 Å². The summed E-state index contributed by atoms with van der Waals surface area (Å²) < 4.78 is 2.12. The average molecular weight is 402 g/mol. The zero-order valence-electron chi connectivity index (χ0n) is 13.3. The van der Waals surface area contributed by atoms with E-state index in [-0.39, 0.29) is 11.9 Å². The topological polar surface area (TPSA) is 83.6 Å². The second kappa shape index (κ2) is 7.45. The molecule has 130 valence electrons. The normalized spacial score (nSPS) is 11.0. The first-order valence-electron chi connectivity index (χ1n) is 7.64. The molecular formula is C17H12ClN5OS2. The van der Waals surface area contributed by atoms with Crippen LogP contribution >= 0.6 is 34.7 Å². The molecule has 2 aromatic carbocycles. The largest absolute Gasteiger partial charge is 0.289 e. The van der Waals surface area contributed by atoms with E-state index in [2.05, 4.69) is 31.5 Å². The molecule has 0 aliphatic carbocycles. The van der Waals surface area contributed by atoms with E-state index in [9.17, 15) is 4.79 Å². The zero-order chi connectivity index (χ0) is 17.9. The van der Waals surface area contributed by atoms with E-state index in [0.717, 1.165) is 14.6 Å². The van der Waals surface area contributed by atoms with E-state index >= 15 is 0 Å². The summed E-state index contributed by atoms with van der Waals surface area (Å²) in [7, 11) is 0. The molecular weight excluding hydrogens is 390 g/mol. The highest BCUT2D eigenvalue weighted by atomic mass is 35.5. The van der Waals surface area contributed by atoms with Gasteiger partial charge in [0.15, 0.2) is 4.34 Å². The summed E-state index contributed by atoms with van der Waals surface area (Å²) in [6, 6.07) is 14.6. The van der Waals surface area contributed by atoms with Crippen LogP contribution < -0.4 is 5.32 Å². The number of halogens is 1. The average Bonchev–Trinajstić information content (AvgIpc) is 3.26. The van der Waals surface area contributed by atoms with Gasteiger partial charge >= 0.3 is 0 Å². The van der Waals surface area contributed by atoms with Crippen molar-refractivity contribution in [3.8, 4) is 0 Å². The van der Waals surface area contributed by atoms with Crippen LogP contribution in [0.15, 0.2) is 52.9 Å². The van der Waals surface area contributed by atoms with Crippen molar-refractivity contribution in [1.29, 1.82) is 0 Å². The maximum Gasteiger partial charge on any atom is 0.258 e. The Labute approximate surface area is 162 Å². The molecule has 2 aromatic heterocycles. The number of nitrogens with one attached hydrogen (secondary N) is 2. The fourth-order valence-electron chi connectivity index (χ4n) is 2.23. The lowest BCUT2D eigenvalue weighted by Crippen LogP contribution is -2.12. The predicted octanol–water partition coefficient (Wildman–Crippen LogP) is 4.61. The number of aromatic amines is 1. The first kappa shape index (κ1) is 17.0. The molecule has 6 nitrogen and oxygen atoms in total. The Morgan fingerprint density at radius 2 is 1.96 bits per heavy atom. The Morgan fingerprint density at radius 3 is 2.77 bits per heavy atom. The van der Waals surface area contributed by atoms with Gasteiger partial charge in [0, 0.05) is 10.6 Å². The third kappa shape index (κ3) is 3.87. The molecule has 0 radical (unpaired) electrons. The number of hydrogen-bond donors (Lipinski definition) is 2. The number of aromatic nitrogens is 4. The highest BCUT2D eigenvalue weighted by Gasteiger charge is 2.11. The molecule has 9 heteroatoms. The molecule has 0 saturated heterocycles. The summed E-state index contributed by atoms with van der Waals surface area (Å²) in [6.07, 6.45) is 0. The highest BCUT2D eigenvalue weighted by molar-refractivity contribution is 8.00. The summed E-state index contributed by atoms with van der Waals surface area (Å²) in [4.78, 5) is 21.0. The van der Waals surface area contributed by atoms with Crippen LogP contribution in [-0.4, -0.2) is 26.1 Å².